The topological polar surface area (TPSA) is 69.0 Å². The molecule has 6 nitrogen and oxygen atoms in total. The lowest BCUT2D eigenvalue weighted by Crippen LogP contribution is -2.30. The summed E-state index contributed by atoms with van der Waals surface area (Å²) in [5.74, 6) is 1.64. The third-order valence-electron chi connectivity index (χ3n) is 4.57. The maximum absolute atomic E-state index is 12.4. The van der Waals surface area contributed by atoms with Gasteiger partial charge in [-0.05, 0) is 31.4 Å². The van der Waals surface area contributed by atoms with E-state index in [9.17, 15) is 4.79 Å². The number of carbonyl (C=O) groups excluding carboxylic acids is 1. The van der Waals surface area contributed by atoms with E-state index in [-0.39, 0.29) is 11.9 Å². The minimum atomic E-state index is -0.216. The van der Waals surface area contributed by atoms with Crippen molar-refractivity contribution in [2.75, 3.05) is 13.7 Å². The Kier molecular flexibility index (Phi) is 4.71. The highest BCUT2D eigenvalue weighted by molar-refractivity contribution is 7.18. The van der Waals surface area contributed by atoms with Crippen LogP contribution in [-0.4, -0.2) is 34.1 Å². The summed E-state index contributed by atoms with van der Waals surface area (Å²) < 4.78 is 7.41. The maximum atomic E-state index is 12.4. The smallest absolute Gasteiger partial charge is 0.243 e. The number of hydrogen-bond acceptors (Lipinski definition) is 5. The molecule has 1 aliphatic rings. The van der Waals surface area contributed by atoms with Crippen LogP contribution in [0.15, 0.2) is 42.9 Å². The largest absolute Gasteiger partial charge is 0.496 e. The third kappa shape index (κ3) is 3.10. The molecule has 0 spiro atoms. The van der Waals surface area contributed by atoms with E-state index in [0.717, 1.165) is 52.8 Å². The van der Waals surface area contributed by atoms with Gasteiger partial charge in [-0.2, -0.15) is 0 Å². The SMILES string of the molecule is COc1ccccc1-c1ncc(-c2nccn2C2CCCCNC2=O)s1. The van der Waals surface area contributed by atoms with E-state index >= 15 is 0 Å². The molecule has 134 valence electrons. The van der Waals surface area contributed by atoms with Crippen LogP contribution in [0.25, 0.3) is 21.3 Å². The molecule has 4 rings (SSSR count). The Morgan fingerprint density at radius 3 is 3.04 bits per heavy atom. The molecule has 1 fully saturated rings. The molecule has 3 aromatic rings. The Balaban J connectivity index is 1.69. The van der Waals surface area contributed by atoms with Crippen molar-refractivity contribution in [1.82, 2.24) is 19.9 Å². The predicted octanol–water partition coefficient (Wildman–Crippen LogP) is 3.52. The van der Waals surface area contributed by atoms with Gasteiger partial charge in [-0.3, -0.25) is 4.79 Å². The molecular weight excluding hydrogens is 348 g/mol. The Bertz CT molecular complexity index is 918. The zero-order chi connectivity index (χ0) is 17.9. The molecule has 1 saturated heterocycles. The van der Waals surface area contributed by atoms with Crippen molar-refractivity contribution in [1.29, 1.82) is 0 Å². The van der Waals surface area contributed by atoms with Crippen LogP contribution in [0.5, 0.6) is 5.75 Å². The fraction of sp³-hybridized carbons (Fsp3) is 0.316. The van der Waals surface area contributed by atoms with Gasteiger partial charge in [0.2, 0.25) is 5.91 Å². The summed E-state index contributed by atoms with van der Waals surface area (Å²) in [7, 11) is 1.66. The van der Waals surface area contributed by atoms with E-state index in [1.165, 1.54) is 0 Å². The maximum Gasteiger partial charge on any atom is 0.243 e. The highest BCUT2D eigenvalue weighted by Gasteiger charge is 2.25. The van der Waals surface area contributed by atoms with Gasteiger partial charge in [0, 0.05) is 25.1 Å². The van der Waals surface area contributed by atoms with E-state index in [4.69, 9.17) is 4.74 Å². The zero-order valence-corrected chi connectivity index (χ0v) is 15.3. The molecule has 1 N–H and O–H groups in total. The number of rotatable bonds is 4. The van der Waals surface area contributed by atoms with Crippen molar-refractivity contribution in [2.45, 2.75) is 25.3 Å². The predicted molar refractivity (Wildman–Crippen MR) is 101 cm³/mol. The number of hydrogen-bond donors (Lipinski definition) is 1. The lowest BCUT2D eigenvalue weighted by atomic mass is 10.1. The van der Waals surface area contributed by atoms with Gasteiger partial charge in [0.05, 0.1) is 17.6 Å². The van der Waals surface area contributed by atoms with Gasteiger partial charge in [-0.15, -0.1) is 11.3 Å². The second-order valence-corrected chi connectivity index (χ2v) is 7.22. The number of carbonyl (C=O) groups is 1. The number of nitrogens with one attached hydrogen (secondary N) is 1. The van der Waals surface area contributed by atoms with E-state index in [2.05, 4.69) is 15.3 Å². The minimum Gasteiger partial charge on any atom is -0.496 e. The number of para-hydroxylation sites is 1. The number of aromatic nitrogens is 3. The summed E-state index contributed by atoms with van der Waals surface area (Å²) in [6.07, 6.45) is 8.32. The summed E-state index contributed by atoms with van der Waals surface area (Å²) in [4.78, 5) is 22.4. The molecule has 0 bridgehead atoms. The Labute approximate surface area is 155 Å². The molecule has 0 radical (unpaired) electrons. The Morgan fingerprint density at radius 1 is 1.27 bits per heavy atom. The van der Waals surface area contributed by atoms with E-state index in [1.54, 1.807) is 24.6 Å². The number of benzene rings is 1. The van der Waals surface area contributed by atoms with Gasteiger partial charge in [0.25, 0.3) is 0 Å². The second kappa shape index (κ2) is 7.29. The van der Waals surface area contributed by atoms with Crippen molar-refractivity contribution in [2.24, 2.45) is 0 Å². The summed E-state index contributed by atoms with van der Waals surface area (Å²) >= 11 is 1.55. The molecule has 1 atom stereocenters. The molecule has 0 aliphatic carbocycles. The number of imidazole rings is 1. The summed E-state index contributed by atoms with van der Waals surface area (Å²) in [6, 6.07) is 7.61. The van der Waals surface area contributed by atoms with E-state index in [0.29, 0.717) is 0 Å². The average Bonchev–Trinajstić information content (AvgIpc) is 3.29. The van der Waals surface area contributed by atoms with Crippen LogP contribution in [0.4, 0.5) is 0 Å². The van der Waals surface area contributed by atoms with Crippen LogP contribution in [0, 0.1) is 0 Å². The molecule has 1 aromatic carbocycles. The van der Waals surface area contributed by atoms with Crippen LogP contribution < -0.4 is 10.1 Å². The first-order valence-electron chi connectivity index (χ1n) is 8.68. The summed E-state index contributed by atoms with van der Waals surface area (Å²) in [5.41, 5.74) is 0.955. The normalized spacial score (nSPS) is 17.6. The lowest BCUT2D eigenvalue weighted by molar-refractivity contribution is -0.124. The van der Waals surface area contributed by atoms with Crippen LogP contribution in [0.1, 0.15) is 25.3 Å². The molecule has 2 aromatic heterocycles. The van der Waals surface area contributed by atoms with E-state index in [1.807, 2.05) is 41.2 Å². The van der Waals surface area contributed by atoms with Gasteiger partial charge in [-0.25, -0.2) is 9.97 Å². The second-order valence-electron chi connectivity index (χ2n) is 6.19. The van der Waals surface area contributed by atoms with Crippen molar-refractivity contribution in [3.05, 3.63) is 42.9 Å². The van der Waals surface area contributed by atoms with Gasteiger partial charge in [0.15, 0.2) is 5.82 Å². The van der Waals surface area contributed by atoms with Crippen molar-refractivity contribution in [3.63, 3.8) is 0 Å². The molecule has 3 heterocycles. The minimum absolute atomic E-state index is 0.0659. The summed E-state index contributed by atoms with van der Waals surface area (Å²) in [5, 5.41) is 3.86. The van der Waals surface area contributed by atoms with Crippen molar-refractivity contribution >= 4 is 17.2 Å². The van der Waals surface area contributed by atoms with Gasteiger partial charge < -0.3 is 14.6 Å². The summed E-state index contributed by atoms with van der Waals surface area (Å²) in [6.45, 7) is 0.748. The molecule has 1 unspecified atom stereocenters. The molecule has 0 saturated carbocycles. The number of amides is 1. The highest BCUT2D eigenvalue weighted by atomic mass is 32.1. The van der Waals surface area contributed by atoms with Crippen molar-refractivity contribution in [3.8, 4) is 27.0 Å². The number of methoxy groups -OCH3 is 1. The Morgan fingerprint density at radius 2 is 2.15 bits per heavy atom. The standard InChI is InChI=1S/C19H20N4O2S/c1-25-15-8-3-2-6-13(15)19-22-12-16(26-19)17-20-10-11-23(17)14-7-4-5-9-21-18(14)24/h2-3,6,8,10-12,14H,4-5,7,9H2,1H3,(H,21,24). The molecule has 26 heavy (non-hydrogen) atoms. The Hall–Kier alpha value is -2.67. The first kappa shape index (κ1) is 16.8. The fourth-order valence-electron chi connectivity index (χ4n) is 3.27. The van der Waals surface area contributed by atoms with Crippen LogP contribution in [-0.2, 0) is 4.79 Å². The van der Waals surface area contributed by atoms with Gasteiger partial charge >= 0.3 is 0 Å². The third-order valence-corrected chi connectivity index (χ3v) is 5.60. The molecule has 1 aliphatic heterocycles. The van der Waals surface area contributed by atoms with Crippen LogP contribution in [0.3, 0.4) is 0 Å². The average molecular weight is 368 g/mol. The first-order chi connectivity index (χ1) is 12.8. The van der Waals surface area contributed by atoms with Crippen LogP contribution >= 0.6 is 11.3 Å². The number of ether oxygens (including phenoxy) is 1. The number of nitrogens with zero attached hydrogens (tertiary/aromatic N) is 3. The molecular formula is C19H20N4O2S. The highest BCUT2D eigenvalue weighted by Crippen LogP contribution is 2.37. The zero-order valence-electron chi connectivity index (χ0n) is 14.5. The monoisotopic (exact) mass is 368 g/mol. The lowest BCUT2D eigenvalue weighted by Gasteiger charge is -2.16. The van der Waals surface area contributed by atoms with Crippen LogP contribution in [0.2, 0.25) is 0 Å². The van der Waals surface area contributed by atoms with Crippen molar-refractivity contribution < 1.29 is 9.53 Å². The molecule has 1 amide bonds. The quantitative estimate of drug-likeness (QED) is 0.765. The number of thiazole rings is 1. The molecule has 7 heteroatoms. The van der Waals surface area contributed by atoms with E-state index < -0.39 is 0 Å². The van der Waals surface area contributed by atoms with Gasteiger partial charge in [-0.1, -0.05) is 12.1 Å². The fourth-order valence-corrected chi connectivity index (χ4v) is 4.21. The van der Waals surface area contributed by atoms with Gasteiger partial charge in [0.1, 0.15) is 16.8 Å². The first-order valence-corrected chi connectivity index (χ1v) is 9.49.